The Hall–Kier alpha value is -2.74. The molecule has 3 rings (SSSR count). The molecular formula is C18H18FN3O3S. The number of nitrogens with one attached hydrogen (secondary N) is 1. The Labute approximate surface area is 153 Å². The van der Waals surface area contributed by atoms with E-state index >= 15 is 0 Å². The van der Waals surface area contributed by atoms with Crippen molar-refractivity contribution < 1.29 is 18.7 Å². The van der Waals surface area contributed by atoms with Crippen LogP contribution in [0.2, 0.25) is 0 Å². The van der Waals surface area contributed by atoms with Gasteiger partial charge in [0, 0.05) is 23.7 Å². The van der Waals surface area contributed by atoms with Gasteiger partial charge in [-0.3, -0.25) is 14.0 Å². The molecule has 0 bridgehead atoms. The normalized spacial score (nSPS) is 13.4. The molecule has 2 aromatic heterocycles. The highest BCUT2D eigenvalue weighted by Crippen LogP contribution is 2.27. The summed E-state index contributed by atoms with van der Waals surface area (Å²) < 4.78 is 20.8. The second-order valence-electron chi connectivity index (χ2n) is 6.09. The smallest absolute Gasteiger partial charge is 0.317 e. The van der Waals surface area contributed by atoms with E-state index in [0.29, 0.717) is 16.3 Å². The first-order chi connectivity index (χ1) is 12.4. The number of carbonyl (C=O) groups is 2. The van der Waals surface area contributed by atoms with Crippen molar-refractivity contribution in [3.63, 3.8) is 0 Å². The van der Waals surface area contributed by atoms with Gasteiger partial charge in [0.15, 0.2) is 4.96 Å². The molecule has 0 saturated heterocycles. The molecule has 0 fully saturated rings. The van der Waals surface area contributed by atoms with Crippen LogP contribution in [0.4, 0.5) is 4.39 Å². The summed E-state index contributed by atoms with van der Waals surface area (Å²) in [7, 11) is 1.24. The number of aryl methyl sites for hydroxylation is 1. The summed E-state index contributed by atoms with van der Waals surface area (Å²) in [4.78, 5) is 30.1. The highest BCUT2D eigenvalue weighted by Gasteiger charge is 2.39. The van der Waals surface area contributed by atoms with Crippen molar-refractivity contribution in [2.24, 2.45) is 0 Å². The molecule has 1 unspecified atom stereocenters. The number of amides is 1. The fourth-order valence-electron chi connectivity index (χ4n) is 2.92. The number of methoxy groups -OCH3 is 1. The molecule has 1 amide bonds. The van der Waals surface area contributed by atoms with Gasteiger partial charge in [-0.2, -0.15) is 0 Å². The van der Waals surface area contributed by atoms with Gasteiger partial charge < -0.3 is 10.1 Å². The van der Waals surface area contributed by atoms with Crippen LogP contribution in [0, 0.1) is 12.7 Å². The van der Waals surface area contributed by atoms with Crippen molar-refractivity contribution >= 4 is 28.2 Å². The number of thiazole rings is 1. The van der Waals surface area contributed by atoms with Crippen LogP contribution in [0.5, 0.6) is 0 Å². The fourth-order valence-corrected chi connectivity index (χ4v) is 3.68. The molecule has 6 nitrogen and oxygen atoms in total. The molecule has 26 heavy (non-hydrogen) atoms. The van der Waals surface area contributed by atoms with E-state index in [2.05, 4.69) is 10.3 Å². The van der Waals surface area contributed by atoms with E-state index in [0.717, 1.165) is 0 Å². The maximum atomic E-state index is 14.3. The monoisotopic (exact) mass is 375 g/mol. The summed E-state index contributed by atoms with van der Waals surface area (Å²) in [5, 5.41) is 4.56. The van der Waals surface area contributed by atoms with Crippen molar-refractivity contribution in [2.75, 3.05) is 13.7 Å². The summed E-state index contributed by atoms with van der Waals surface area (Å²) in [5.41, 5.74) is -0.220. The van der Waals surface area contributed by atoms with Gasteiger partial charge >= 0.3 is 5.97 Å². The number of ether oxygens (including phenoxy) is 1. The van der Waals surface area contributed by atoms with Crippen molar-refractivity contribution in [1.82, 2.24) is 14.7 Å². The summed E-state index contributed by atoms with van der Waals surface area (Å²) >= 11 is 1.42. The molecule has 3 aromatic rings. The van der Waals surface area contributed by atoms with Crippen LogP contribution >= 0.6 is 11.3 Å². The van der Waals surface area contributed by atoms with E-state index in [1.165, 1.54) is 36.6 Å². The number of halogens is 1. The first-order valence-electron chi connectivity index (χ1n) is 7.92. The third-order valence-corrected chi connectivity index (χ3v) is 5.11. The second kappa shape index (κ2) is 6.87. The predicted molar refractivity (Wildman–Crippen MR) is 95.9 cm³/mol. The zero-order chi connectivity index (χ0) is 18.9. The van der Waals surface area contributed by atoms with E-state index in [1.807, 2.05) is 5.38 Å². The number of carbonyl (C=O) groups excluding carboxylic acids is 2. The molecular weight excluding hydrogens is 357 g/mol. The minimum absolute atomic E-state index is 0.115. The zero-order valence-electron chi connectivity index (χ0n) is 14.6. The Kier molecular flexibility index (Phi) is 4.78. The Balaban J connectivity index is 1.90. The summed E-state index contributed by atoms with van der Waals surface area (Å²) in [6, 6.07) is 5.96. The van der Waals surface area contributed by atoms with Gasteiger partial charge in [-0.1, -0.05) is 18.2 Å². The maximum absolute atomic E-state index is 14.3. The average molecular weight is 375 g/mol. The van der Waals surface area contributed by atoms with Crippen LogP contribution in [0.15, 0.2) is 35.8 Å². The van der Waals surface area contributed by atoms with Crippen LogP contribution in [0.1, 0.15) is 28.7 Å². The highest BCUT2D eigenvalue weighted by atomic mass is 32.1. The number of aromatic nitrogens is 2. The van der Waals surface area contributed by atoms with Gasteiger partial charge in [-0.15, -0.1) is 11.3 Å². The molecule has 0 saturated carbocycles. The van der Waals surface area contributed by atoms with Gasteiger partial charge in [0.1, 0.15) is 16.9 Å². The summed E-state index contributed by atoms with van der Waals surface area (Å²) in [6.45, 7) is 3.17. The van der Waals surface area contributed by atoms with Gasteiger partial charge in [0.05, 0.1) is 12.8 Å². The minimum Gasteiger partial charge on any atom is -0.468 e. The lowest BCUT2D eigenvalue weighted by Gasteiger charge is -2.27. The minimum atomic E-state index is -1.36. The SMILES string of the molecule is COC(=O)C(C)(CNC(=O)c1c(C)nc2sccn12)c1ccccc1F. The van der Waals surface area contributed by atoms with Gasteiger partial charge in [-0.05, 0) is 19.9 Å². The third kappa shape index (κ3) is 2.96. The second-order valence-corrected chi connectivity index (χ2v) is 6.96. The lowest BCUT2D eigenvalue weighted by atomic mass is 9.82. The van der Waals surface area contributed by atoms with Crippen LogP contribution in [0.25, 0.3) is 4.96 Å². The number of benzene rings is 1. The number of nitrogens with zero attached hydrogens (tertiary/aromatic N) is 2. The third-order valence-electron chi connectivity index (χ3n) is 4.36. The Morgan fingerprint density at radius 3 is 2.81 bits per heavy atom. The van der Waals surface area contributed by atoms with Gasteiger partial charge in [-0.25, -0.2) is 9.37 Å². The van der Waals surface area contributed by atoms with E-state index in [4.69, 9.17) is 4.74 Å². The molecule has 136 valence electrons. The molecule has 0 aliphatic rings. The topological polar surface area (TPSA) is 72.7 Å². The quantitative estimate of drug-likeness (QED) is 0.696. The van der Waals surface area contributed by atoms with E-state index in [-0.39, 0.29) is 18.0 Å². The summed E-state index contributed by atoms with van der Waals surface area (Å²) in [5.74, 6) is -1.55. The molecule has 0 spiro atoms. The first kappa shape index (κ1) is 18.1. The molecule has 1 atom stereocenters. The molecule has 0 radical (unpaired) electrons. The molecule has 0 aliphatic heterocycles. The first-order valence-corrected chi connectivity index (χ1v) is 8.80. The molecule has 0 aliphatic carbocycles. The largest absolute Gasteiger partial charge is 0.468 e. The standard InChI is InChI=1S/C18H18FN3O3S/c1-11-14(22-8-9-26-17(22)21-11)15(23)20-10-18(2,16(24)25-3)12-6-4-5-7-13(12)19/h4-9H,10H2,1-3H3,(H,20,23). The number of fused-ring (bicyclic) bond motifs is 1. The molecule has 2 heterocycles. The molecule has 8 heteroatoms. The Bertz CT molecular complexity index is 981. The van der Waals surface area contributed by atoms with Gasteiger partial charge in [0.2, 0.25) is 0 Å². The van der Waals surface area contributed by atoms with Crippen LogP contribution in [-0.2, 0) is 14.9 Å². The highest BCUT2D eigenvalue weighted by molar-refractivity contribution is 7.15. The van der Waals surface area contributed by atoms with Crippen LogP contribution in [0.3, 0.4) is 0 Å². The van der Waals surface area contributed by atoms with Crippen molar-refractivity contribution in [1.29, 1.82) is 0 Å². The number of esters is 1. The lowest BCUT2D eigenvalue weighted by Crippen LogP contribution is -2.46. The number of hydrogen-bond donors (Lipinski definition) is 1. The Morgan fingerprint density at radius 2 is 2.12 bits per heavy atom. The van der Waals surface area contributed by atoms with Crippen LogP contribution in [-0.4, -0.2) is 34.9 Å². The van der Waals surface area contributed by atoms with E-state index in [9.17, 15) is 14.0 Å². The zero-order valence-corrected chi connectivity index (χ0v) is 15.4. The van der Waals surface area contributed by atoms with Crippen molar-refractivity contribution in [2.45, 2.75) is 19.3 Å². The van der Waals surface area contributed by atoms with Crippen molar-refractivity contribution in [3.05, 3.63) is 58.6 Å². The van der Waals surface area contributed by atoms with E-state index < -0.39 is 17.2 Å². The molecule has 1 N–H and O–H groups in total. The maximum Gasteiger partial charge on any atom is 0.317 e. The number of rotatable bonds is 5. The van der Waals surface area contributed by atoms with Crippen LogP contribution < -0.4 is 5.32 Å². The number of imidazole rings is 1. The van der Waals surface area contributed by atoms with E-state index in [1.54, 1.807) is 30.5 Å². The Morgan fingerprint density at radius 1 is 1.38 bits per heavy atom. The summed E-state index contributed by atoms with van der Waals surface area (Å²) in [6.07, 6.45) is 1.76. The molecule has 1 aromatic carbocycles. The number of hydrogen-bond acceptors (Lipinski definition) is 5. The fraction of sp³-hybridized carbons (Fsp3) is 0.278. The van der Waals surface area contributed by atoms with Crippen molar-refractivity contribution in [3.8, 4) is 0 Å². The van der Waals surface area contributed by atoms with Gasteiger partial charge in [0.25, 0.3) is 5.91 Å². The lowest BCUT2D eigenvalue weighted by molar-refractivity contribution is -0.146. The average Bonchev–Trinajstić information content (AvgIpc) is 3.18. The predicted octanol–water partition coefficient (Wildman–Crippen LogP) is 2.70.